The van der Waals surface area contributed by atoms with Crippen LogP contribution in [-0.4, -0.2) is 68.3 Å². The second-order valence-corrected chi connectivity index (χ2v) is 7.26. The van der Waals surface area contributed by atoms with E-state index >= 15 is 0 Å². The summed E-state index contributed by atoms with van der Waals surface area (Å²) in [6.45, 7) is 3.27. The summed E-state index contributed by atoms with van der Waals surface area (Å²) in [6.07, 6.45) is 3.37. The Hall–Kier alpha value is -0.350. The predicted molar refractivity (Wildman–Crippen MR) is 84.9 cm³/mol. The third-order valence-electron chi connectivity index (χ3n) is 5.62. The minimum Gasteiger partial charge on any atom is -0.375 e. The van der Waals surface area contributed by atoms with Crippen LogP contribution in [-0.2, 0) is 4.74 Å². The highest BCUT2D eigenvalue weighted by atomic mass is 19.1. The van der Waals surface area contributed by atoms with E-state index in [2.05, 4.69) is 32.1 Å². The first-order valence-electron chi connectivity index (χ1n) is 9.04. The molecule has 4 aliphatic rings. The van der Waals surface area contributed by atoms with Crippen LogP contribution in [0.5, 0.6) is 0 Å². The van der Waals surface area contributed by atoms with Gasteiger partial charge in [-0.05, 0) is 38.1 Å². The Kier molecular flexibility index (Phi) is 5.10. The van der Waals surface area contributed by atoms with E-state index in [-0.39, 0.29) is 12.7 Å². The molecule has 4 fully saturated rings. The molecule has 3 aliphatic heterocycles. The Morgan fingerprint density at radius 3 is 3.00 bits per heavy atom. The summed E-state index contributed by atoms with van der Waals surface area (Å²) in [7, 11) is 0. The zero-order valence-electron chi connectivity index (χ0n) is 13.6. The average Bonchev–Trinajstić information content (AvgIpc) is 3.17. The molecule has 1 saturated carbocycles. The fourth-order valence-corrected chi connectivity index (χ4v) is 4.37. The highest BCUT2D eigenvalue weighted by Gasteiger charge is 2.45. The van der Waals surface area contributed by atoms with Crippen molar-refractivity contribution in [2.45, 2.75) is 56.1 Å². The van der Waals surface area contributed by atoms with E-state index in [4.69, 9.17) is 4.74 Å². The van der Waals surface area contributed by atoms with Crippen molar-refractivity contribution in [2.24, 2.45) is 5.92 Å². The molecule has 132 valence electrons. The highest BCUT2D eigenvalue weighted by Crippen LogP contribution is 2.33. The van der Waals surface area contributed by atoms with Gasteiger partial charge in [-0.1, -0.05) is 0 Å². The standard InChI is InChI=1S/C15H29FN6O/c16-10-7-17-4-1-5-22-18-8-14(21-22)15-12-6-11(23-9-10)2-3-13(12)19-20-15/h10-15,17-21H,1-9H2/t10-,11?,12?,13?,14?,15?/m1/s1. The fourth-order valence-electron chi connectivity index (χ4n) is 4.37. The smallest absolute Gasteiger partial charge is 0.136 e. The van der Waals surface area contributed by atoms with Crippen molar-refractivity contribution < 1.29 is 9.13 Å². The van der Waals surface area contributed by atoms with Gasteiger partial charge in [-0.25, -0.2) is 15.2 Å². The Morgan fingerprint density at radius 2 is 2.04 bits per heavy atom. The molecule has 7 nitrogen and oxygen atoms in total. The molecule has 0 aromatic heterocycles. The monoisotopic (exact) mass is 328 g/mol. The van der Waals surface area contributed by atoms with Crippen LogP contribution in [0.4, 0.5) is 4.39 Å². The lowest BCUT2D eigenvalue weighted by molar-refractivity contribution is -0.0165. The first kappa shape index (κ1) is 16.1. The van der Waals surface area contributed by atoms with Gasteiger partial charge in [0, 0.05) is 31.7 Å². The van der Waals surface area contributed by atoms with Crippen LogP contribution in [0.1, 0.15) is 25.7 Å². The van der Waals surface area contributed by atoms with Crippen LogP contribution in [0.15, 0.2) is 0 Å². The zero-order valence-corrected chi connectivity index (χ0v) is 13.6. The van der Waals surface area contributed by atoms with Crippen molar-refractivity contribution in [3.8, 4) is 0 Å². The van der Waals surface area contributed by atoms with Crippen LogP contribution in [0.3, 0.4) is 0 Å². The lowest BCUT2D eigenvalue weighted by atomic mass is 9.78. The molecule has 0 radical (unpaired) electrons. The summed E-state index contributed by atoms with van der Waals surface area (Å²) in [4.78, 5) is 0. The third-order valence-corrected chi connectivity index (χ3v) is 5.62. The molecular weight excluding hydrogens is 299 g/mol. The molecule has 4 rings (SSSR count). The lowest BCUT2D eigenvalue weighted by Crippen LogP contribution is -2.51. The molecule has 8 heteroatoms. The molecule has 0 spiro atoms. The number of nitrogens with zero attached hydrogens (tertiary/aromatic N) is 1. The summed E-state index contributed by atoms with van der Waals surface area (Å²) in [6, 6.07) is 1.27. The second kappa shape index (κ2) is 7.26. The quantitative estimate of drug-likeness (QED) is 0.392. The fraction of sp³-hybridized carbons (Fsp3) is 1.00. The molecule has 4 bridgehead atoms. The van der Waals surface area contributed by atoms with Gasteiger partial charge in [-0.3, -0.25) is 10.9 Å². The number of hydrogen-bond donors (Lipinski definition) is 5. The highest BCUT2D eigenvalue weighted by molar-refractivity contribution is 5.02. The molecular formula is C15H29FN6O. The van der Waals surface area contributed by atoms with Crippen molar-refractivity contribution in [3.63, 3.8) is 0 Å². The number of alkyl halides is 1. The molecule has 0 aromatic rings. The van der Waals surface area contributed by atoms with E-state index in [9.17, 15) is 4.39 Å². The minimum absolute atomic E-state index is 0.189. The number of ether oxygens (including phenoxy) is 1. The lowest BCUT2D eigenvalue weighted by Gasteiger charge is -2.34. The van der Waals surface area contributed by atoms with E-state index < -0.39 is 6.17 Å². The van der Waals surface area contributed by atoms with Gasteiger partial charge >= 0.3 is 0 Å². The normalized spacial score (nSPS) is 48.7. The van der Waals surface area contributed by atoms with Crippen LogP contribution in [0, 0.1) is 5.92 Å². The Labute approximate surface area is 137 Å². The van der Waals surface area contributed by atoms with Crippen molar-refractivity contribution in [1.29, 1.82) is 0 Å². The largest absolute Gasteiger partial charge is 0.375 e. The second-order valence-electron chi connectivity index (χ2n) is 7.26. The number of rotatable bonds is 0. The van der Waals surface area contributed by atoms with E-state index in [1.807, 2.05) is 0 Å². The van der Waals surface area contributed by atoms with Crippen LogP contribution < -0.4 is 27.0 Å². The van der Waals surface area contributed by atoms with Gasteiger partial charge in [0.1, 0.15) is 6.17 Å². The topological polar surface area (TPSA) is 72.6 Å². The Morgan fingerprint density at radius 1 is 1.09 bits per heavy atom. The van der Waals surface area contributed by atoms with Crippen molar-refractivity contribution in [3.05, 3.63) is 0 Å². The minimum atomic E-state index is -0.915. The van der Waals surface area contributed by atoms with Gasteiger partial charge in [-0.2, -0.15) is 5.12 Å². The number of halogens is 1. The van der Waals surface area contributed by atoms with Gasteiger partial charge in [0.2, 0.25) is 0 Å². The number of hydrazine groups is 3. The van der Waals surface area contributed by atoms with E-state index in [1.165, 1.54) is 0 Å². The Balaban J connectivity index is 1.44. The average molecular weight is 328 g/mol. The molecule has 0 aromatic carbocycles. The van der Waals surface area contributed by atoms with Crippen LogP contribution >= 0.6 is 0 Å². The van der Waals surface area contributed by atoms with Gasteiger partial charge in [-0.15, -0.1) is 0 Å². The Bertz CT molecular complexity index is 402. The first-order chi connectivity index (χ1) is 11.3. The molecule has 5 N–H and O–H groups in total. The van der Waals surface area contributed by atoms with Crippen molar-refractivity contribution >= 4 is 0 Å². The summed E-state index contributed by atoms with van der Waals surface area (Å²) in [5.74, 6) is 0.536. The summed E-state index contributed by atoms with van der Waals surface area (Å²) >= 11 is 0. The maximum Gasteiger partial charge on any atom is 0.136 e. The SMILES string of the molecule is F[C@@H]1CNCCCN2NCC(N2)C2NNC3CCC(CC32)OC1. The van der Waals surface area contributed by atoms with Crippen LogP contribution in [0.25, 0.3) is 0 Å². The first-order valence-corrected chi connectivity index (χ1v) is 9.04. The van der Waals surface area contributed by atoms with Gasteiger partial charge in [0.25, 0.3) is 0 Å². The maximum absolute atomic E-state index is 13.9. The van der Waals surface area contributed by atoms with Gasteiger partial charge in [0.15, 0.2) is 0 Å². The van der Waals surface area contributed by atoms with Gasteiger partial charge < -0.3 is 10.1 Å². The number of fused-ring (bicyclic) bond motifs is 4. The van der Waals surface area contributed by atoms with Gasteiger partial charge in [0.05, 0.1) is 18.8 Å². The molecule has 7 atom stereocenters. The summed E-state index contributed by atoms with van der Waals surface area (Å²) in [5, 5.41) is 5.27. The van der Waals surface area contributed by atoms with E-state index in [0.717, 1.165) is 45.3 Å². The molecule has 3 heterocycles. The summed E-state index contributed by atoms with van der Waals surface area (Å²) in [5.41, 5.74) is 14.0. The third kappa shape index (κ3) is 3.68. The van der Waals surface area contributed by atoms with E-state index in [0.29, 0.717) is 30.6 Å². The van der Waals surface area contributed by atoms with Crippen molar-refractivity contribution in [1.82, 2.24) is 32.1 Å². The molecule has 6 unspecified atom stereocenters. The molecule has 23 heavy (non-hydrogen) atoms. The van der Waals surface area contributed by atoms with E-state index in [1.54, 1.807) is 0 Å². The maximum atomic E-state index is 13.9. The molecule has 3 saturated heterocycles. The molecule has 0 amide bonds. The zero-order chi connectivity index (χ0) is 15.6. The number of nitrogens with one attached hydrogen (secondary N) is 5. The summed E-state index contributed by atoms with van der Waals surface area (Å²) < 4.78 is 19.8. The molecule has 1 aliphatic carbocycles. The number of hydrogen-bond acceptors (Lipinski definition) is 7. The van der Waals surface area contributed by atoms with Crippen molar-refractivity contribution in [2.75, 3.05) is 32.8 Å². The van der Waals surface area contributed by atoms with Crippen LogP contribution in [0.2, 0.25) is 0 Å². The predicted octanol–water partition coefficient (Wildman–Crippen LogP) is -0.958.